The second kappa shape index (κ2) is 4.61. The summed E-state index contributed by atoms with van der Waals surface area (Å²) in [7, 11) is 0. The molecule has 2 nitrogen and oxygen atoms in total. The number of halogens is 1. The topological polar surface area (TPSA) is 35.8 Å². The van der Waals surface area contributed by atoms with Gasteiger partial charge in [-0.05, 0) is 31.0 Å². The zero-order valence-electron chi connectivity index (χ0n) is 8.34. The van der Waals surface area contributed by atoms with Gasteiger partial charge in [-0.25, -0.2) is 4.39 Å². The Bertz CT molecular complexity index is 355. The summed E-state index contributed by atoms with van der Waals surface area (Å²) in [4.78, 5) is 0. The monoisotopic (exact) mass is 192 g/mol. The first-order valence-electron chi connectivity index (χ1n) is 4.59. The van der Waals surface area contributed by atoms with Crippen molar-refractivity contribution < 1.29 is 4.39 Å². The van der Waals surface area contributed by atoms with Crippen LogP contribution in [0.25, 0.3) is 0 Å². The molecular weight excluding hydrogens is 179 g/mol. The molecule has 3 heteroatoms. The second-order valence-electron chi connectivity index (χ2n) is 3.20. The fraction of sp³-hybridized carbons (Fsp3) is 0.364. The van der Waals surface area contributed by atoms with Crippen molar-refractivity contribution in [2.24, 2.45) is 0 Å². The number of hydrogen-bond donors (Lipinski definition) is 1. The Labute approximate surface area is 83.4 Å². The van der Waals surface area contributed by atoms with Gasteiger partial charge in [0.25, 0.3) is 0 Å². The molecule has 74 valence electrons. The summed E-state index contributed by atoms with van der Waals surface area (Å²) in [5, 5.41) is 11.7. The van der Waals surface area contributed by atoms with Crippen molar-refractivity contribution in [2.45, 2.75) is 26.3 Å². The minimum atomic E-state index is -0.253. The molecule has 0 aliphatic heterocycles. The van der Waals surface area contributed by atoms with Crippen LogP contribution in [-0.2, 0) is 0 Å². The van der Waals surface area contributed by atoms with E-state index >= 15 is 0 Å². The molecule has 1 atom stereocenters. The third-order valence-electron chi connectivity index (χ3n) is 2.08. The predicted octanol–water partition coefficient (Wildman–Crippen LogP) is 2.85. The highest BCUT2D eigenvalue weighted by atomic mass is 19.1. The first kappa shape index (κ1) is 10.5. The van der Waals surface area contributed by atoms with E-state index in [4.69, 9.17) is 5.26 Å². The molecule has 0 saturated carbocycles. The van der Waals surface area contributed by atoms with Crippen LogP contribution in [0, 0.1) is 24.1 Å². The molecule has 0 saturated heterocycles. The summed E-state index contributed by atoms with van der Waals surface area (Å²) < 4.78 is 13.1. The lowest BCUT2D eigenvalue weighted by molar-refractivity contribution is 0.618. The minimum absolute atomic E-state index is 0.247. The molecule has 1 aromatic rings. The summed E-state index contributed by atoms with van der Waals surface area (Å²) >= 11 is 0. The maximum atomic E-state index is 13.1. The lowest BCUT2D eigenvalue weighted by Crippen LogP contribution is -2.15. The standard InChI is InChI=1S/C11H13FN2/c1-3-9(7-13)14-10-5-4-8(2)11(12)6-10/h4-6,9,14H,3H2,1-2H3. The molecule has 0 aromatic heterocycles. The number of nitrogens with one attached hydrogen (secondary N) is 1. The van der Waals surface area contributed by atoms with Crippen LogP contribution >= 0.6 is 0 Å². The summed E-state index contributed by atoms with van der Waals surface area (Å²) in [6.07, 6.45) is 0.700. The van der Waals surface area contributed by atoms with Gasteiger partial charge in [-0.3, -0.25) is 0 Å². The summed E-state index contributed by atoms with van der Waals surface area (Å²) in [5.74, 6) is -0.247. The highest BCUT2D eigenvalue weighted by Gasteiger charge is 2.04. The van der Waals surface area contributed by atoms with Crippen molar-refractivity contribution in [3.8, 4) is 6.07 Å². The van der Waals surface area contributed by atoms with E-state index in [-0.39, 0.29) is 11.9 Å². The fourth-order valence-corrected chi connectivity index (χ4v) is 1.11. The van der Waals surface area contributed by atoms with Gasteiger partial charge in [0.2, 0.25) is 0 Å². The van der Waals surface area contributed by atoms with E-state index in [0.29, 0.717) is 17.7 Å². The lowest BCUT2D eigenvalue weighted by Gasteiger charge is -2.10. The molecule has 0 bridgehead atoms. The maximum absolute atomic E-state index is 13.1. The molecule has 0 aliphatic carbocycles. The molecule has 0 heterocycles. The van der Waals surface area contributed by atoms with Crippen LogP contribution in [0.5, 0.6) is 0 Å². The zero-order chi connectivity index (χ0) is 10.6. The zero-order valence-corrected chi connectivity index (χ0v) is 8.34. The Hall–Kier alpha value is -1.56. The van der Waals surface area contributed by atoms with E-state index in [9.17, 15) is 4.39 Å². The normalized spacial score (nSPS) is 11.9. The van der Waals surface area contributed by atoms with Crippen LogP contribution in [0.3, 0.4) is 0 Å². The van der Waals surface area contributed by atoms with Gasteiger partial charge in [-0.2, -0.15) is 5.26 Å². The van der Waals surface area contributed by atoms with E-state index in [1.54, 1.807) is 19.1 Å². The van der Waals surface area contributed by atoms with Crippen LogP contribution in [0.2, 0.25) is 0 Å². The third-order valence-corrected chi connectivity index (χ3v) is 2.08. The van der Waals surface area contributed by atoms with Gasteiger partial charge < -0.3 is 5.32 Å². The van der Waals surface area contributed by atoms with Gasteiger partial charge in [-0.1, -0.05) is 13.0 Å². The average Bonchev–Trinajstić information content (AvgIpc) is 2.19. The molecule has 14 heavy (non-hydrogen) atoms. The van der Waals surface area contributed by atoms with Crippen LogP contribution in [0.15, 0.2) is 18.2 Å². The van der Waals surface area contributed by atoms with Crippen LogP contribution in [0.1, 0.15) is 18.9 Å². The van der Waals surface area contributed by atoms with Crippen LogP contribution in [0.4, 0.5) is 10.1 Å². The Kier molecular flexibility index (Phi) is 3.47. The van der Waals surface area contributed by atoms with Gasteiger partial charge in [0, 0.05) is 5.69 Å². The number of rotatable bonds is 3. The smallest absolute Gasteiger partial charge is 0.128 e. The highest BCUT2D eigenvalue weighted by molar-refractivity contribution is 5.46. The van der Waals surface area contributed by atoms with Gasteiger partial charge in [0.15, 0.2) is 0 Å². The third kappa shape index (κ3) is 2.46. The maximum Gasteiger partial charge on any atom is 0.128 e. The van der Waals surface area contributed by atoms with Crippen molar-refractivity contribution in [3.05, 3.63) is 29.6 Å². The van der Waals surface area contributed by atoms with Crippen molar-refractivity contribution in [1.29, 1.82) is 5.26 Å². The fourth-order valence-electron chi connectivity index (χ4n) is 1.11. The molecule has 1 N–H and O–H groups in total. The predicted molar refractivity (Wildman–Crippen MR) is 54.5 cm³/mol. The minimum Gasteiger partial charge on any atom is -0.370 e. The molecule has 1 aromatic carbocycles. The van der Waals surface area contributed by atoms with E-state index in [1.807, 2.05) is 6.92 Å². The lowest BCUT2D eigenvalue weighted by atomic mass is 10.2. The van der Waals surface area contributed by atoms with Crippen molar-refractivity contribution in [2.75, 3.05) is 5.32 Å². The first-order valence-corrected chi connectivity index (χ1v) is 4.59. The van der Waals surface area contributed by atoms with E-state index in [2.05, 4.69) is 11.4 Å². The van der Waals surface area contributed by atoms with E-state index < -0.39 is 0 Å². The molecular formula is C11H13FN2. The number of nitriles is 1. The van der Waals surface area contributed by atoms with Crippen molar-refractivity contribution in [1.82, 2.24) is 0 Å². The largest absolute Gasteiger partial charge is 0.370 e. The Morgan fingerprint density at radius 2 is 2.29 bits per heavy atom. The second-order valence-corrected chi connectivity index (χ2v) is 3.20. The highest BCUT2D eigenvalue weighted by Crippen LogP contribution is 2.14. The summed E-state index contributed by atoms with van der Waals surface area (Å²) in [6.45, 7) is 3.62. The Morgan fingerprint density at radius 3 is 2.79 bits per heavy atom. The van der Waals surface area contributed by atoms with Gasteiger partial charge in [0.05, 0.1) is 6.07 Å². The Morgan fingerprint density at radius 1 is 1.57 bits per heavy atom. The van der Waals surface area contributed by atoms with E-state index in [1.165, 1.54) is 6.07 Å². The number of benzene rings is 1. The number of hydrogen-bond acceptors (Lipinski definition) is 2. The van der Waals surface area contributed by atoms with Crippen molar-refractivity contribution in [3.63, 3.8) is 0 Å². The van der Waals surface area contributed by atoms with Gasteiger partial charge in [0.1, 0.15) is 11.9 Å². The molecule has 0 aliphatic rings. The molecule has 0 amide bonds. The number of nitrogens with zero attached hydrogens (tertiary/aromatic N) is 1. The van der Waals surface area contributed by atoms with Gasteiger partial charge in [-0.15, -0.1) is 0 Å². The number of aryl methyl sites for hydroxylation is 1. The van der Waals surface area contributed by atoms with E-state index in [0.717, 1.165) is 0 Å². The average molecular weight is 192 g/mol. The number of anilines is 1. The SMILES string of the molecule is CCC(C#N)Nc1ccc(C)c(F)c1. The summed E-state index contributed by atoms with van der Waals surface area (Å²) in [5.41, 5.74) is 1.27. The molecule has 0 fully saturated rings. The summed E-state index contributed by atoms with van der Waals surface area (Å²) in [6, 6.07) is 6.73. The molecule has 1 rings (SSSR count). The van der Waals surface area contributed by atoms with Crippen LogP contribution < -0.4 is 5.32 Å². The van der Waals surface area contributed by atoms with Gasteiger partial charge >= 0.3 is 0 Å². The first-order chi connectivity index (χ1) is 6.67. The molecule has 0 radical (unpaired) electrons. The Balaban J connectivity index is 2.78. The quantitative estimate of drug-likeness (QED) is 0.799. The molecule has 1 unspecified atom stereocenters. The molecule has 0 spiro atoms. The van der Waals surface area contributed by atoms with Crippen molar-refractivity contribution >= 4 is 5.69 Å². The van der Waals surface area contributed by atoms with Crippen LogP contribution in [-0.4, -0.2) is 6.04 Å².